The molecule has 7 heteroatoms. The van der Waals surface area contributed by atoms with Gasteiger partial charge in [0.15, 0.2) is 5.65 Å². The van der Waals surface area contributed by atoms with Crippen molar-refractivity contribution in [2.45, 2.75) is 25.9 Å². The summed E-state index contributed by atoms with van der Waals surface area (Å²) in [6, 6.07) is 18.0. The van der Waals surface area contributed by atoms with Crippen LogP contribution < -0.4 is 5.56 Å². The van der Waals surface area contributed by atoms with E-state index >= 15 is 0 Å². The Bertz CT molecular complexity index is 1290. The van der Waals surface area contributed by atoms with Gasteiger partial charge < -0.3 is 9.30 Å². The molecule has 4 aromatic rings. The standard InChI is InChI=1S/C25H27N5O2/c31-23(28-17-15-27(16-18-28)19-20-7-2-1-3-8-20)11-6-14-30-24-21(9-4-12-26-24)29-13-5-10-22(29)25(30)32/h1-5,7-10,12-13H,6,11,14-19H2. The predicted octanol–water partition coefficient (Wildman–Crippen LogP) is 2.77. The number of fused-ring (bicyclic) bond motifs is 3. The van der Waals surface area contributed by atoms with E-state index in [9.17, 15) is 9.59 Å². The number of aryl methyl sites for hydroxylation is 1. The molecule has 1 fully saturated rings. The summed E-state index contributed by atoms with van der Waals surface area (Å²) in [5.41, 5.74) is 3.42. The zero-order chi connectivity index (χ0) is 21.9. The van der Waals surface area contributed by atoms with Crippen LogP contribution in [-0.4, -0.2) is 55.8 Å². The second kappa shape index (κ2) is 8.96. The van der Waals surface area contributed by atoms with Gasteiger partial charge in [0.05, 0.1) is 5.52 Å². The van der Waals surface area contributed by atoms with Gasteiger partial charge in [-0.15, -0.1) is 0 Å². The predicted molar refractivity (Wildman–Crippen MR) is 124 cm³/mol. The van der Waals surface area contributed by atoms with E-state index in [1.165, 1.54) is 5.56 Å². The number of carbonyl (C=O) groups excluding carboxylic acids is 1. The molecule has 164 valence electrons. The lowest BCUT2D eigenvalue weighted by Crippen LogP contribution is -2.48. The first-order valence-electron chi connectivity index (χ1n) is 11.2. The molecule has 0 saturated carbocycles. The highest BCUT2D eigenvalue weighted by molar-refractivity contribution is 5.77. The van der Waals surface area contributed by atoms with Crippen molar-refractivity contribution in [2.75, 3.05) is 26.2 Å². The normalized spacial score (nSPS) is 14.9. The highest BCUT2D eigenvalue weighted by Crippen LogP contribution is 2.14. The van der Waals surface area contributed by atoms with Gasteiger partial charge in [-0.2, -0.15) is 0 Å². The topological polar surface area (TPSA) is 62.9 Å². The fraction of sp³-hybridized carbons (Fsp3) is 0.320. The lowest BCUT2D eigenvalue weighted by molar-refractivity contribution is -0.133. The molecule has 3 aromatic heterocycles. The summed E-state index contributed by atoms with van der Waals surface area (Å²) in [6.45, 7) is 4.69. The largest absolute Gasteiger partial charge is 0.340 e. The molecule has 0 atom stereocenters. The van der Waals surface area contributed by atoms with Crippen LogP contribution in [0.25, 0.3) is 16.7 Å². The lowest BCUT2D eigenvalue weighted by atomic mass is 10.2. The number of piperazine rings is 1. The monoisotopic (exact) mass is 429 g/mol. The molecular weight excluding hydrogens is 402 g/mol. The number of hydrogen-bond acceptors (Lipinski definition) is 4. The van der Waals surface area contributed by atoms with Crippen LogP contribution in [0.15, 0.2) is 71.8 Å². The van der Waals surface area contributed by atoms with Crippen molar-refractivity contribution in [3.8, 4) is 0 Å². The Morgan fingerprint density at radius 1 is 0.906 bits per heavy atom. The number of benzene rings is 1. The Labute approximate surface area is 186 Å². The van der Waals surface area contributed by atoms with Crippen molar-refractivity contribution in [3.63, 3.8) is 0 Å². The minimum absolute atomic E-state index is 0.0665. The Morgan fingerprint density at radius 2 is 1.69 bits per heavy atom. The first kappa shape index (κ1) is 20.5. The van der Waals surface area contributed by atoms with Gasteiger partial charge in [0.2, 0.25) is 5.91 Å². The molecule has 1 aliphatic rings. The van der Waals surface area contributed by atoms with Crippen LogP contribution in [0.1, 0.15) is 18.4 Å². The van der Waals surface area contributed by atoms with Gasteiger partial charge in [-0.05, 0) is 36.2 Å². The minimum Gasteiger partial charge on any atom is -0.340 e. The van der Waals surface area contributed by atoms with Gasteiger partial charge in [-0.1, -0.05) is 30.3 Å². The average molecular weight is 430 g/mol. The molecule has 1 saturated heterocycles. The number of carbonyl (C=O) groups is 1. The van der Waals surface area contributed by atoms with Crippen molar-refractivity contribution >= 4 is 22.6 Å². The van der Waals surface area contributed by atoms with Gasteiger partial charge in [-0.3, -0.25) is 19.1 Å². The van der Waals surface area contributed by atoms with Gasteiger partial charge >= 0.3 is 0 Å². The summed E-state index contributed by atoms with van der Waals surface area (Å²) in [7, 11) is 0. The second-order valence-electron chi connectivity index (χ2n) is 8.31. The number of pyridine rings is 1. The molecule has 0 N–H and O–H groups in total. The fourth-order valence-electron chi connectivity index (χ4n) is 4.54. The molecule has 4 heterocycles. The molecule has 1 aromatic carbocycles. The van der Waals surface area contributed by atoms with Crippen molar-refractivity contribution < 1.29 is 4.79 Å². The quantitative estimate of drug-likeness (QED) is 0.473. The SMILES string of the molecule is O=C(CCCn1c(=O)c2cccn2c2cccnc21)N1CCN(Cc2ccccc2)CC1. The smallest absolute Gasteiger partial charge is 0.276 e. The number of nitrogens with zero attached hydrogens (tertiary/aromatic N) is 5. The third kappa shape index (κ3) is 4.03. The van der Waals surface area contributed by atoms with Crippen molar-refractivity contribution in [2.24, 2.45) is 0 Å². The van der Waals surface area contributed by atoms with Gasteiger partial charge in [0.25, 0.3) is 5.56 Å². The van der Waals surface area contributed by atoms with Crippen LogP contribution in [-0.2, 0) is 17.9 Å². The Hall–Kier alpha value is -3.45. The molecule has 1 amide bonds. The molecule has 7 nitrogen and oxygen atoms in total. The summed E-state index contributed by atoms with van der Waals surface area (Å²) in [5, 5.41) is 0. The van der Waals surface area contributed by atoms with Crippen LogP contribution in [0.4, 0.5) is 0 Å². The number of aromatic nitrogens is 3. The first-order valence-corrected chi connectivity index (χ1v) is 11.2. The third-order valence-corrected chi connectivity index (χ3v) is 6.24. The average Bonchev–Trinajstić information content (AvgIpc) is 3.33. The molecule has 0 bridgehead atoms. The summed E-state index contributed by atoms with van der Waals surface area (Å²) in [6.07, 6.45) is 4.64. The molecule has 32 heavy (non-hydrogen) atoms. The maximum Gasteiger partial charge on any atom is 0.276 e. The molecule has 5 rings (SSSR count). The Morgan fingerprint density at radius 3 is 2.50 bits per heavy atom. The number of rotatable bonds is 6. The van der Waals surface area contributed by atoms with Crippen LogP contribution in [0, 0.1) is 0 Å². The van der Waals surface area contributed by atoms with Crippen molar-refractivity contribution in [3.05, 3.63) is 82.9 Å². The van der Waals surface area contributed by atoms with Gasteiger partial charge in [0, 0.05) is 58.1 Å². The molecule has 0 aliphatic carbocycles. The maximum absolute atomic E-state index is 13.0. The summed E-state index contributed by atoms with van der Waals surface area (Å²) < 4.78 is 3.58. The zero-order valence-electron chi connectivity index (χ0n) is 18.1. The Kier molecular flexibility index (Phi) is 5.73. The van der Waals surface area contributed by atoms with E-state index in [0.717, 1.165) is 38.2 Å². The van der Waals surface area contributed by atoms with Crippen LogP contribution in [0.3, 0.4) is 0 Å². The third-order valence-electron chi connectivity index (χ3n) is 6.24. The highest BCUT2D eigenvalue weighted by Gasteiger charge is 2.21. The number of hydrogen-bond donors (Lipinski definition) is 0. The van der Waals surface area contributed by atoms with E-state index in [0.29, 0.717) is 30.6 Å². The maximum atomic E-state index is 13.0. The summed E-state index contributed by atoms with van der Waals surface area (Å²) >= 11 is 0. The summed E-state index contributed by atoms with van der Waals surface area (Å²) in [4.78, 5) is 34.5. The first-order chi connectivity index (χ1) is 15.7. The Balaban J connectivity index is 1.19. The van der Waals surface area contributed by atoms with Crippen LogP contribution in [0.5, 0.6) is 0 Å². The van der Waals surface area contributed by atoms with E-state index in [1.54, 1.807) is 10.8 Å². The second-order valence-corrected chi connectivity index (χ2v) is 8.31. The molecule has 0 radical (unpaired) electrons. The lowest BCUT2D eigenvalue weighted by Gasteiger charge is -2.34. The van der Waals surface area contributed by atoms with Crippen LogP contribution in [0.2, 0.25) is 0 Å². The van der Waals surface area contributed by atoms with Gasteiger partial charge in [-0.25, -0.2) is 4.98 Å². The molecule has 1 aliphatic heterocycles. The van der Waals surface area contributed by atoms with E-state index in [1.807, 2.05) is 45.8 Å². The zero-order valence-corrected chi connectivity index (χ0v) is 18.1. The molecular formula is C25H27N5O2. The summed E-state index contributed by atoms with van der Waals surface area (Å²) in [5.74, 6) is 0.165. The minimum atomic E-state index is -0.0665. The molecule has 0 unspecified atom stereocenters. The van der Waals surface area contributed by atoms with Gasteiger partial charge in [0.1, 0.15) is 5.52 Å². The van der Waals surface area contributed by atoms with E-state index in [-0.39, 0.29) is 11.5 Å². The van der Waals surface area contributed by atoms with E-state index in [2.05, 4.69) is 34.1 Å². The number of amides is 1. The van der Waals surface area contributed by atoms with Crippen LogP contribution >= 0.6 is 0 Å². The fourth-order valence-corrected chi connectivity index (χ4v) is 4.54. The van der Waals surface area contributed by atoms with E-state index < -0.39 is 0 Å². The van der Waals surface area contributed by atoms with E-state index in [4.69, 9.17) is 0 Å². The highest BCUT2D eigenvalue weighted by atomic mass is 16.2. The van der Waals surface area contributed by atoms with Crippen molar-refractivity contribution in [1.82, 2.24) is 23.8 Å². The molecule has 0 spiro atoms. The van der Waals surface area contributed by atoms with Crippen molar-refractivity contribution in [1.29, 1.82) is 0 Å².